The summed E-state index contributed by atoms with van der Waals surface area (Å²) >= 11 is 0. The summed E-state index contributed by atoms with van der Waals surface area (Å²) in [5.41, 5.74) is 0. The van der Waals surface area contributed by atoms with E-state index in [9.17, 15) is 0 Å². The van der Waals surface area contributed by atoms with Crippen LogP contribution in [0.2, 0.25) is 0 Å². The van der Waals surface area contributed by atoms with E-state index in [1.54, 1.807) is 0 Å². The summed E-state index contributed by atoms with van der Waals surface area (Å²) in [7, 11) is 0. The molecule has 1 aromatic rings. The van der Waals surface area contributed by atoms with Crippen molar-refractivity contribution in [2.24, 2.45) is 0 Å². The van der Waals surface area contributed by atoms with Crippen molar-refractivity contribution in [2.45, 2.75) is 58.7 Å². The Kier molecular flexibility index (Phi) is 5.79. The van der Waals surface area contributed by atoms with E-state index in [1.165, 1.54) is 32.2 Å². The van der Waals surface area contributed by atoms with Crippen molar-refractivity contribution in [3.63, 3.8) is 0 Å². The first-order chi connectivity index (χ1) is 9.25. The first-order valence-corrected chi connectivity index (χ1v) is 7.58. The average molecular weight is 265 g/mol. The number of nitrogens with zero attached hydrogens (tertiary/aromatic N) is 4. The molecule has 0 saturated carbocycles. The SMILES string of the molecule is CC(C)NCCCCCCN1CCn2cnnc2C1. The van der Waals surface area contributed by atoms with E-state index in [1.807, 2.05) is 6.33 Å². The Morgan fingerprint density at radius 3 is 2.89 bits per heavy atom. The third-order valence-electron chi connectivity index (χ3n) is 3.67. The van der Waals surface area contributed by atoms with Gasteiger partial charge in [0, 0.05) is 19.1 Å². The van der Waals surface area contributed by atoms with E-state index in [2.05, 4.69) is 38.8 Å². The molecule has 1 aromatic heterocycles. The number of hydrogen-bond donors (Lipinski definition) is 1. The highest BCUT2D eigenvalue weighted by Crippen LogP contribution is 2.10. The number of fused-ring (bicyclic) bond motifs is 1. The minimum atomic E-state index is 0.616. The number of hydrogen-bond acceptors (Lipinski definition) is 4. The first kappa shape index (κ1) is 14.5. The summed E-state index contributed by atoms with van der Waals surface area (Å²) in [4.78, 5) is 2.50. The van der Waals surface area contributed by atoms with E-state index in [-0.39, 0.29) is 0 Å². The first-order valence-electron chi connectivity index (χ1n) is 7.58. The summed E-state index contributed by atoms with van der Waals surface area (Å²) in [6.07, 6.45) is 7.11. The standard InChI is InChI=1S/C14H27N5/c1-13(2)15-7-5-3-4-6-8-18-9-10-19-12-16-17-14(19)11-18/h12-13,15H,3-11H2,1-2H3. The van der Waals surface area contributed by atoms with Crippen molar-refractivity contribution in [2.75, 3.05) is 19.6 Å². The molecule has 1 aliphatic rings. The molecule has 2 heterocycles. The minimum absolute atomic E-state index is 0.616. The second-order valence-electron chi connectivity index (χ2n) is 5.74. The molecule has 0 spiro atoms. The van der Waals surface area contributed by atoms with E-state index in [0.717, 1.165) is 32.0 Å². The van der Waals surface area contributed by atoms with Gasteiger partial charge in [-0.1, -0.05) is 26.7 Å². The fourth-order valence-electron chi connectivity index (χ4n) is 2.51. The van der Waals surface area contributed by atoms with Gasteiger partial charge in [-0.25, -0.2) is 0 Å². The van der Waals surface area contributed by atoms with Crippen LogP contribution < -0.4 is 5.32 Å². The summed E-state index contributed by atoms with van der Waals surface area (Å²) in [5, 5.41) is 11.6. The maximum Gasteiger partial charge on any atom is 0.147 e. The topological polar surface area (TPSA) is 46.0 Å². The van der Waals surface area contributed by atoms with Crippen molar-refractivity contribution in [3.8, 4) is 0 Å². The van der Waals surface area contributed by atoms with Gasteiger partial charge in [0.2, 0.25) is 0 Å². The molecule has 1 N–H and O–H groups in total. The normalized spacial score (nSPS) is 15.9. The quantitative estimate of drug-likeness (QED) is 0.726. The van der Waals surface area contributed by atoms with Crippen LogP contribution in [0.3, 0.4) is 0 Å². The number of nitrogens with one attached hydrogen (secondary N) is 1. The predicted octanol–water partition coefficient (Wildman–Crippen LogP) is 1.65. The molecule has 5 nitrogen and oxygen atoms in total. The van der Waals surface area contributed by atoms with Gasteiger partial charge < -0.3 is 9.88 Å². The van der Waals surface area contributed by atoms with Crippen molar-refractivity contribution >= 4 is 0 Å². The van der Waals surface area contributed by atoms with E-state index in [0.29, 0.717) is 6.04 Å². The van der Waals surface area contributed by atoms with Gasteiger partial charge in [0.15, 0.2) is 0 Å². The lowest BCUT2D eigenvalue weighted by atomic mass is 10.1. The third kappa shape index (κ3) is 4.91. The molecular formula is C14H27N5. The molecule has 108 valence electrons. The van der Waals surface area contributed by atoms with E-state index < -0.39 is 0 Å². The van der Waals surface area contributed by atoms with Crippen molar-refractivity contribution in [1.29, 1.82) is 0 Å². The van der Waals surface area contributed by atoms with Gasteiger partial charge in [-0.15, -0.1) is 10.2 Å². The molecule has 0 aliphatic carbocycles. The Bertz CT molecular complexity index is 360. The zero-order valence-electron chi connectivity index (χ0n) is 12.3. The molecule has 1 aliphatic heterocycles. The number of unbranched alkanes of at least 4 members (excludes halogenated alkanes) is 3. The maximum atomic E-state index is 4.16. The molecule has 0 aromatic carbocycles. The summed E-state index contributed by atoms with van der Waals surface area (Å²) in [6.45, 7) is 9.91. The highest BCUT2D eigenvalue weighted by molar-refractivity contribution is 4.89. The fraction of sp³-hybridized carbons (Fsp3) is 0.857. The van der Waals surface area contributed by atoms with E-state index in [4.69, 9.17) is 0 Å². The number of rotatable bonds is 8. The van der Waals surface area contributed by atoms with Gasteiger partial charge in [0.1, 0.15) is 12.2 Å². The highest BCUT2D eigenvalue weighted by Gasteiger charge is 2.16. The third-order valence-corrected chi connectivity index (χ3v) is 3.67. The molecule has 0 unspecified atom stereocenters. The molecule has 19 heavy (non-hydrogen) atoms. The molecule has 0 bridgehead atoms. The molecule has 0 atom stereocenters. The lowest BCUT2D eigenvalue weighted by molar-refractivity contribution is 0.212. The Morgan fingerprint density at radius 2 is 2.05 bits per heavy atom. The summed E-state index contributed by atoms with van der Waals surface area (Å²) < 4.78 is 2.16. The molecule has 5 heteroatoms. The predicted molar refractivity (Wildman–Crippen MR) is 76.9 cm³/mol. The fourth-order valence-corrected chi connectivity index (χ4v) is 2.51. The molecule has 0 fully saturated rings. The minimum Gasteiger partial charge on any atom is -0.315 e. The van der Waals surface area contributed by atoms with Crippen LogP contribution in [0.4, 0.5) is 0 Å². The van der Waals surface area contributed by atoms with Crippen LogP contribution in [0.15, 0.2) is 6.33 Å². The van der Waals surface area contributed by atoms with Gasteiger partial charge in [-0.3, -0.25) is 4.90 Å². The van der Waals surface area contributed by atoms with Crippen LogP contribution in [0.25, 0.3) is 0 Å². The average Bonchev–Trinajstić information content (AvgIpc) is 2.84. The maximum absolute atomic E-state index is 4.16. The molecule has 0 radical (unpaired) electrons. The van der Waals surface area contributed by atoms with Gasteiger partial charge >= 0.3 is 0 Å². The highest BCUT2D eigenvalue weighted by atomic mass is 15.3. The lowest BCUT2D eigenvalue weighted by Gasteiger charge is -2.26. The van der Waals surface area contributed by atoms with Crippen LogP contribution in [-0.4, -0.2) is 45.3 Å². The summed E-state index contributed by atoms with van der Waals surface area (Å²) in [5.74, 6) is 1.12. The van der Waals surface area contributed by atoms with Crippen LogP contribution in [0, 0.1) is 0 Å². The van der Waals surface area contributed by atoms with Crippen LogP contribution in [-0.2, 0) is 13.1 Å². The second kappa shape index (κ2) is 7.60. The zero-order valence-corrected chi connectivity index (χ0v) is 12.3. The van der Waals surface area contributed by atoms with Crippen molar-refractivity contribution in [3.05, 3.63) is 12.2 Å². The molecule has 0 amide bonds. The number of aromatic nitrogens is 3. The van der Waals surface area contributed by atoms with E-state index >= 15 is 0 Å². The largest absolute Gasteiger partial charge is 0.315 e. The molecule has 0 saturated heterocycles. The Hall–Kier alpha value is -0.940. The monoisotopic (exact) mass is 265 g/mol. The van der Waals surface area contributed by atoms with Gasteiger partial charge in [-0.05, 0) is 25.9 Å². The van der Waals surface area contributed by atoms with Crippen LogP contribution in [0.1, 0.15) is 45.4 Å². The molecular weight excluding hydrogens is 238 g/mol. The van der Waals surface area contributed by atoms with Gasteiger partial charge in [0.25, 0.3) is 0 Å². The van der Waals surface area contributed by atoms with Gasteiger partial charge in [0.05, 0.1) is 6.54 Å². The Balaban J connectivity index is 1.50. The van der Waals surface area contributed by atoms with Crippen molar-refractivity contribution in [1.82, 2.24) is 25.0 Å². The van der Waals surface area contributed by atoms with Crippen LogP contribution in [0.5, 0.6) is 0 Å². The van der Waals surface area contributed by atoms with Crippen LogP contribution >= 0.6 is 0 Å². The Morgan fingerprint density at radius 1 is 1.21 bits per heavy atom. The molecule has 2 rings (SSSR count). The Labute approximate surface area is 116 Å². The smallest absolute Gasteiger partial charge is 0.147 e. The lowest BCUT2D eigenvalue weighted by Crippen LogP contribution is -2.34. The summed E-state index contributed by atoms with van der Waals surface area (Å²) in [6, 6.07) is 0.616. The second-order valence-corrected chi connectivity index (χ2v) is 5.74. The zero-order chi connectivity index (χ0) is 13.5. The van der Waals surface area contributed by atoms with Crippen molar-refractivity contribution < 1.29 is 0 Å². The van der Waals surface area contributed by atoms with Gasteiger partial charge in [-0.2, -0.15) is 0 Å².